The maximum atomic E-state index is 6.57. The summed E-state index contributed by atoms with van der Waals surface area (Å²) in [6.45, 7) is 4.30. The molecule has 0 amide bonds. The van der Waals surface area contributed by atoms with Gasteiger partial charge in [-0.05, 0) is 56.0 Å². The Balaban J connectivity index is 1.94. The van der Waals surface area contributed by atoms with E-state index in [2.05, 4.69) is 52.0 Å². The van der Waals surface area contributed by atoms with Crippen LogP contribution in [0, 0.1) is 0 Å². The monoisotopic (exact) mass is 477 g/mol. The standard InChI is InChI=1S/C22H22BrCl2N3/c1-2-18-21(15-6-8-16(23)9-7-15)28(20-11-10-17(24)14-19(20)25)26-22(18)27-12-4-3-5-13-27/h6-11,14H,2-5,12-13H2,1H3. The highest BCUT2D eigenvalue weighted by Crippen LogP contribution is 2.37. The molecule has 4 rings (SSSR count). The minimum atomic E-state index is 0.598. The molecule has 0 radical (unpaired) electrons. The zero-order valence-electron chi connectivity index (χ0n) is 15.8. The van der Waals surface area contributed by atoms with Gasteiger partial charge >= 0.3 is 0 Å². The maximum absolute atomic E-state index is 6.57. The van der Waals surface area contributed by atoms with Crippen LogP contribution in [0.5, 0.6) is 0 Å². The van der Waals surface area contributed by atoms with Gasteiger partial charge in [-0.2, -0.15) is 0 Å². The first kappa shape index (κ1) is 19.8. The highest BCUT2D eigenvalue weighted by Gasteiger charge is 2.25. The summed E-state index contributed by atoms with van der Waals surface area (Å²) in [5.74, 6) is 1.08. The van der Waals surface area contributed by atoms with Gasteiger partial charge in [0, 0.05) is 33.7 Å². The lowest BCUT2D eigenvalue weighted by molar-refractivity contribution is 0.570. The van der Waals surface area contributed by atoms with Crippen LogP contribution in [0.3, 0.4) is 0 Å². The van der Waals surface area contributed by atoms with Crippen LogP contribution in [0.2, 0.25) is 10.0 Å². The maximum Gasteiger partial charge on any atom is 0.154 e. The van der Waals surface area contributed by atoms with Gasteiger partial charge in [-0.25, -0.2) is 4.68 Å². The van der Waals surface area contributed by atoms with Gasteiger partial charge in [0.15, 0.2) is 5.82 Å². The molecular formula is C22H22BrCl2N3. The molecule has 0 unspecified atom stereocenters. The summed E-state index contributed by atoms with van der Waals surface area (Å²) in [6.07, 6.45) is 4.63. The van der Waals surface area contributed by atoms with Crippen molar-refractivity contribution in [3.05, 3.63) is 62.5 Å². The quantitative estimate of drug-likeness (QED) is 0.396. The molecule has 1 aliphatic rings. The molecule has 0 atom stereocenters. The molecule has 6 heteroatoms. The number of piperidine rings is 1. The minimum absolute atomic E-state index is 0.598. The molecule has 2 heterocycles. The normalized spacial score (nSPS) is 14.5. The fraction of sp³-hybridized carbons (Fsp3) is 0.318. The second kappa shape index (κ2) is 8.48. The predicted octanol–water partition coefficient (Wildman–Crippen LogP) is 7.16. The van der Waals surface area contributed by atoms with E-state index in [-0.39, 0.29) is 0 Å². The van der Waals surface area contributed by atoms with E-state index in [1.807, 2.05) is 16.8 Å². The van der Waals surface area contributed by atoms with Gasteiger partial charge in [0.05, 0.1) is 16.4 Å². The lowest BCUT2D eigenvalue weighted by atomic mass is 10.0. The highest BCUT2D eigenvalue weighted by molar-refractivity contribution is 9.10. The first-order valence-corrected chi connectivity index (χ1v) is 11.2. The molecule has 1 saturated heterocycles. The van der Waals surface area contributed by atoms with Gasteiger partial charge in [0.1, 0.15) is 0 Å². The van der Waals surface area contributed by atoms with Crippen LogP contribution in [0.1, 0.15) is 31.7 Å². The Labute approximate surface area is 184 Å². The summed E-state index contributed by atoms with van der Waals surface area (Å²) in [6, 6.07) is 14.0. The highest BCUT2D eigenvalue weighted by atomic mass is 79.9. The number of anilines is 1. The Kier molecular flexibility index (Phi) is 6.00. The molecule has 0 bridgehead atoms. The largest absolute Gasteiger partial charge is 0.355 e. The summed E-state index contributed by atoms with van der Waals surface area (Å²) in [5, 5.41) is 6.29. The Morgan fingerprint density at radius 2 is 1.71 bits per heavy atom. The number of rotatable bonds is 4. The lowest BCUT2D eigenvalue weighted by Gasteiger charge is -2.27. The summed E-state index contributed by atoms with van der Waals surface area (Å²) >= 11 is 16.2. The second-order valence-electron chi connectivity index (χ2n) is 7.07. The average molecular weight is 479 g/mol. The van der Waals surface area contributed by atoms with Crippen molar-refractivity contribution in [2.45, 2.75) is 32.6 Å². The third-order valence-electron chi connectivity index (χ3n) is 5.23. The van der Waals surface area contributed by atoms with Crippen molar-refractivity contribution < 1.29 is 0 Å². The van der Waals surface area contributed by atoms with E-state index in [0.717, 1.165) is 46.7 Å². The minimum Gasteiger partial charge on any atom is -0.355 e. The SMILES string of the molecule is CCc1c(N2CCCCC2)nn(-c2ccc(Cl)cc2Cl)c1-c1ccc(Br)cc1. The number of hydrogen-bond donors (Lipinski definition) is 0. The Hall–Kier alpha value is -1.49. The van der Waals surface area contributed by atoms with Crippen LogP contribution in [0.25, 0.3) is 16.9 Å². The number of halogens is 3. The molecule has 0 aliphatic carbocycles. The van der Waals surface area contributed by atoms with Crippen LogP contribution in [0.15, 0.2) is 46.9 Å². The van der Waals surface area contributed by atoms with Crippen molar-refractivity contribution in [2.75, 3.05) is 18.0 Å². The average Bonchev–Trinajstić information content (AvgIpc) is 3.08. The molecule has 1 fully saturated rings. The van der Waals surface area contributed by atoms with Gasteiger partial charge in [-0.15, -0.1) is 5.10 Å². The van der Waals surface area contributed by atoms with E-state index in [1.165, 1.54) is 24.8 Å². The molecule has 2 aromatic carbocycles. The van der Waals surface area contributed by atoms with Crippen molar-refractivity contribution in [1.29, 1.82) is 0 Å². The van der Waals surface area contributed by atoms with Crippen LogP contribution in [-0.4, -0.2) is 22.9 Å². The van der Waals surface area contributed by atoms with Crippen LogP contribution in [-0.2, 0) is 6.42 Å². The van der Waals surface area contributed by atoms with E-state index >= 15 is 0 Å². The molecule has 0 spiro atoms. The van der Waals surface area contributed by atoms with E-state index in [4.69, 9.17) is 28.3 Å². The molecule has 1 aromatic heterocycles. The summed E-state index contributed by atoms with van der Waals surface area (Å²) < 4.78 is 3.05. The topological polar surface area (TPSA) is 21.1 Å². The van der Waals surface area contributed by atoms with Crippen molar-refractivity contribution in [3.8, 4) is 16.9 Å². The van der Waals surface area contributed by atoms with Crippen molar-refractivity contribution >= 4 is 44.9 Å². The number of nitrogens with zero attached hydrogens (tertiary/aromatic N) is 3. The molecule has 3 nitrogen and oxygen atoms in total. The predicted molar refractivity (Wildman–Crippen MR) is 122 cm³/mol. The van der Waals surface area contributed by atoms with Crippen molar-refractivity contribution in [1.82, 2.24) is 9.78 Å². The van der Waals surface area contributed by atoms with Crippen LogP contribution >= 0.6 is 39.1 Å². The molecule has 0 N–H and O–H groups in total. The van der Waals surface area contributed by atoms with E-state index in [1.54, 1.807) is 6.07 Å². The van der Waals surface area contributed by atoms with Gasteiger partial charge in [0.2, 0.25) is 0 Å². The first-order chi connectivity index (χ1) is 13.6. The van der Waals surface area contributed by atoms with Crippen LogP contribution in [0.4, 0.5) is 5.82 Å². The summed E-state index contributed by atoms with van der Waals surface area (Å²) in [4.78, 5) is 2.42. The first-order valence-electron chi connectivity index (χ1n) is 9.66. The fourth-order valence-electron chi connectivity index (χ4n) is 3.86. The van der Waals surface area contributed by atoms with Gasteiger partial charge in [-0.1, -0.05) is 58.2 Å². The van der Waals surface area contributed by atoms with E-state index in [9.17, 15) is 0 Å². The second-order valence-corrected chi connectivity index (χ2v) is 8.83. The van der Waals surface area contributed by atoms with E-state index < -0.39 is 0 Å². The molecule has 1 aliphatic heterocycles. The molecule has 3 aromatic rings. The number of benzene rings is 2. The van der Waals surface area contributed by atoms with Gasteiger partial charge in [0.25, 0.3) is 0 Å². The van der Waals surface area contributed by atoms with Gasteiger partial charge in [-0.3, -0.25) is 0 Å². The van der Waals surface area contributed by atoms with E-state index in [0.29, 0.717) is 10.0 Å². The van der Waals surface area contributed by atoms with Gasteiger partial charge < -0.3 is 4.90 Å². The van der Waals surface area contributed by atoms with Crippen LogP contribution < -0.4 is 4.90 Å². The third kappa shape index (κ3) is 3.83. The third-order valence-corrected chi connectivity index (χ3v) is 6.29. The molecule has 146 valence electrons. The Morgan fingerprint density at radius 1 is 1.00 bits per heavy atom. The fourth-order valence-corrected chi connectivity index (χ4v) is 4.61. The number of hydrogen-bond acceptors (Lipinski definition) is 2. The summed E-state index contributed by atoms with van der Waals surface area (Å²) in [5.41, 5.74) is 4.33. The Bertz CT molecular complexity index is 976. The van der Waals surface area contributed by atoms with Crippen molar-refractivity contribution in [2.24, 2.45) is 0 Å². The Morgan fingerprint density at radius 3 is 2.36 bits per heavy atom. The smallest absolute Gasteiger partial charge is 0.154 e. The van der Waals surface area contributed by atoms with Crippen molar-refractivity contribution in [3.63, 3.8) is 0 Å². The summed E-state index contributed by atoms with van der Waals surface area (Å²) in [7, 11) is 0. The number of aromatic nitrogens is 2. The zero-order valence-corrected chi connectivity index (χ0v) is 18.9. The molecule has 0 saturated carbocycles. The lowest BCUT2D eigenvalue weighted by Crippen LogP contribution is -2.30. The molecular weight excluding hydrogens is 457 g/mol. The molecule has 28 heavy (non-hydrogen) atoms. The zero-order chi connectivity index (χ0) is 19.7.